The summed E-state index contributed by atoms with van der Waals surface area (Å²) in [5.74, 6) is -0.868. The van der Waals surface area contributed by atoms with Gasteiger partial charge in [-0.05, 0) is 0 Å². The Bertz CT molecular complexity index is 525. The smallest absolute Gasteiger partial charge is 0.260 e. The van der Waals surface area contributed by atoms with Gasteiger partial charge in [0, 0.05) is 0 Å². The van der Waals surface area contributed by atoms with Gasteiger partial charge in [-0.25, -0.2) is 9.97 Å². The number of rotatable bonds is 0. The Labute approximate surface area is 76.4 Å². The monoisotopic (exact) mass is 199 g/mol. The lowest BCUT2D eigenvalue weighted by atomic mass is 10.3. The summed E-state index contributed by atoms with van der Waals surface area (Å²) in [7, 11) is 0. The van der Waals surface area contributed by atoms with Gasteiger partial charge in [-0.1, -0.05) is 11.6 Å². The fourth-order valence-electron chi connectivity index (χ4n) is 1.00. The summed E-state index contributed by atoms with van der Waals surface area (Å²) in [5.41, 5.74) is -0.202. The van der Waals surface area contributed by atoms with Crippen molar-refractivity contribution in [3.8, 4) is 0 Å². The van der Waals surface area contributed by atoms with E-state index in [1.807, 2.05) is 0 Å². The summed E-state index contributed by atoms with van der Waals surface area (Å²) in [6, 6.07) is 0. The van der Waals surface area contributed by atoms with Gasteiger partial charge in [0.25, 0.3) is 5.56 Å². The third kappa shape index (κ3) is 1.17. The number of fused-ring (bicyclic) bond motifs is 1. The second kappa shape index (κ2) is 2.77. The summed E-state index contributed by atoms with van der Waals surface area (Å²) < 4.78 is 12.8. The Morgan fingerprint density at radius 3 is 3.00 bits per heavy atom. The van der Waals surface area contributed by atoms with Crippen LogP contribution in [0.15, 0.2) is 17.3 Å². The molecule has 0 aliphatic rings. The molecule has 2 rings (SSSR count). The van der Waals surface area contributed by atoms with E-state index in [1.165, 1.54) is 6.33 Å². The molecule has 0 aliphatic heterocycles. The molecule has 0 atom stereocenters. The van der Waals surface area contributed by atoms with E-state index in [1.54, 1.807) is 0 Å². The predicted molar refractivity (Wildman–Crippen MR) is 45.1 cm³/mol. The first-order chi connectivity index (χ1) is 6.20. The molecule has 0 aliphatic carbocycles. The molecule has 0 spiro atoms. The Morgan fingerprint density at radius 1 is 1.46 bits per heavy atom. The summed E-state index contributed by atoms with van der Waals surface area (Å²) in [6.07, 6.45) is 2.37. The van der Waals surface area contributed by atoms with Crippen LogP contribution in [0, 0.1) is 5.95 Å². The number of pyridine rings is 1. The zero-order valence-electron chi connectivity index (χ0n) is 6.21. The maximum atomic E-state index is 12.8. The van der Waals surface area contributed by atoms with Gasteiger partial charge in [-0.2, -0.15) is 4.39 Å². The number of nitrogens with zero attached hydrogens (tertiary/aromatic N) is 2. The van der Waals surface area contributed by atoms with E-state index >= 15 is 0 Å². The summed E-state index contributed by atoms with van der Waals surface area (Å²) in [5, 5.41) is -0.275. The maximum absolute atomic E-state index is 12.8. The molecular weight excluding hydrogens is 197 g/mol. The van der Waals surface area contributed by atoms with Crippen LogP contribution >= 0.6 is 11.6 Å². The zero-order chi connectivity index (χ0) is 9.42. The first-order valence-corrected chi connectivity index (χ1v) is 3.75. The summed E-state index contributed by atoms with van der Waals surface area (Å²) >= 11 is 5.53. The van der Waals surface area contributed by atoms with Crippen molar-refractivity contribution in [1.29, 1.82) is 0 Å². The highest BCUT2D eigenvalue weighted by atomic mass is 35.5. The largest absolute Gasteiger partial charge is 0.313 e. The second-order valence-electron chi connectivity index (χ2n) is 2.35. The van der Waals surface area contributed by atoms with Crippen LogP contribution in [-0.2, 0) is 0 Å². The van der Waals surface area contributed by atoms with Crippen LogP contribution in [-0.4, -0.2) is 15.0 Å². The van der Waals surface area contributed by atoms with Gasteiger partial charge in [-0.15, -0.1) is 0 Å². The molecule has 0 saturated carbocycles. The predicted octanol–water partition coefficient (Wildman–Crippen LogP) is 1.11. The number of aromatic amines is 1. The molecule has 0 saturated heterocycles. The minimum Gasteiger partial charge on any atom is -0.313 e. The molecule has 2 heterocycles. The molecule has 13 heavy (non-hydrogen) atoms. The lowest BCUT2D eigenvalue weighted by Gasteiger charge is -1.97. The van der Waals surface area contributed by atoms with Crippen molar-refractivity contribution in [2.24, 2.45) is 0 Å². The van der Waals surface area contributed by atoms with Gasteiger partial charge in [0.05, 0.1) is 23.4 Å². The minimum atomic E-state index is -0.868. The van der Waals surface area contributed by atoms with Crippen molar-refractivity contribution < 1.29 is 4.39 Å². The Morgan fingerprint density at radius 2 is 2.23 bits per heavy atom. The molecule has 66 valence electrons. The minimum absolute atomic E-state index is 0.0247. The van der Waals surface area contributed by atoms with Gasteiger partial charge in [0.1, 0.15) is 5.02 Å². The number of nitrogens with one attached hydrogen (secondary N) is 1. The van der Waals surface area contributed by atoms with Crippen molar-refractivity contribution >= 4 is 22.5 Å². The quantitative estimate of drug-likeness (QED) is 0.647. The highest BCUT2D eigenvalue weighted by molar-refractivity contribution is 6.35. The molecule has 0 fully saturated rings. The van der Waals surface area contributed by atoms with E-state index in [2.05, 4.69) is 15.0 Å². The SMILES string of the molecule is O=c1[nH]cnc2cnc(F)c(Cl)c12. The normalized spacial score (nSPS) is 10.6. The highest BCUT2D eigenvalue weighted by Crippen LogP contribution is 2.18. The fraction of sp³-hybridized carbons (Fsp3) is 0. The summed E-state index contributed by atoms with van der Waals surface area (Å²) in [4.78, 5) is 20.6. The van der Waals surface area contributed by atoms with Gasteiger partial charge < -0.3 is 4.98 Å². The number of H-pyrrole nitrogens is 1. The van der Waals surface area contributed by atoms with Crippen LogP contribution < -0.4 is 5.56 Å². The van der Waals surface area contributed by atoms with E-state index in [0.29, 0.717) is 0 Å². The molecular formula is C7H3ClFN3O. The molecule has 0 radical (unpaired) electrons. The van der Waals surface area contributed by atoms with Crippen LogP contribution in [0.25, 0.3) is 10.9 Å². The zero-order valence-corrected chi connectivity index (χ0v) is 6.97. The van der Waals surface area contributed by atoms with Crippen molar-refractivity contribution in [3.63, 3.8) is 0 Å². The highest BCUT2D eigenvalue weighted by Gasteiger charge is 2.09. The third-order valence-corrected chi connectivity index (χ3v) is 1.93. The maximum Gasteiger partial charge on any atom is 0.260 e. The fourth-order valence-corrected chi connectivity index (χ4v) is 1.23. The second-order valence-corrected chi connectivity index (χ2v) is 2.73. The lowest BCUT2D eigenvalue weighted by Crippen LogP contribution is -2.08. The van der Waals surface area contributed by atoms with E-state index in [-0.39, 0.29) is 15.9 Å². The van der Waals surface area contributed by atoms with Crippen molar-refractivity contribution in [2.45, 2.75) is 0 Å². The van der Waals surface area contributed by atoms with Crippen LogP contribution in [0.1, 0.15) is 0 Å². The molecule has 4 nitrogen and oxygen atoms in total. The first kappa shape index (κ1) is 8.12. The van der Waals surface area contributed by atoms with Gasteiger partial charge in [-0.3, -0.25) is 4.79 Å². The van der Waals surface area contributed by atoms with Gasteiger partial charge >= 0.3 is 0 Å². The Balaban J connectivity index is 3.06. The molecule has 0 bridgehead atoms. The molecule has 2 aromatic rings. The van der Waals surface area contributed by atoms with Crippen LogP contribution in [0.2, 0.25) is 5.02 Å². The van der Waals surface area contributed by atoms with Gasteiger partial charge in [0.2, 0.25) is 5.95 Å². The Hall–Kier alpha value is -1.49. The van der Waals surface area contributed by atoms with E-state index < -0.39 is 11.5 Å². The number of hydrogen-bond donors (Lipinski definition) is 1. The van der Waals surface area contributed by atoms with E-state index in [4.69, 9.17) is 11.6 Å². The lowest BCUT2D eigenvalue weighted by molar-refractivity contribution is 0.586. The first-order valence-electron chi connectivity index (χ1n) is 3.37. The molecule has 6 heteroatoms. The van der Waals surface area contributed by atoms with Crippen molar-refractivity contribution in [3.05, 3.63) is 33.8 Å². The molecule has 0 amide bonds. The van der Waals surface area contributed by atoms with Gasteiger partial charge in [0.15, 0.2) is 0 Å². The van der Waals surface area contributed by atoms with E-state index in [9.17, 15) is 9.18 Å². The molecule has 0 unspecified atom stereocenters. The van der Waals surface area contributed by atoms with Crippen molar-refractivity contribution in [1.82, 2.24) is 15.0 Å². The molecule has 0 aromatic carbocycles. The van der Waals surface area contributed by atoms with Crippen LogP contribution in [0.5, 0.6) is 0 Å². The van der Waals surface area contributed by atoms with Crippen molar-refractivity contribution in [2.75, 3.05) is 0 Å². The standard InChI is InChI=1S/C7H3ClFN3O/c8-5-4-3(1-10-6(5)9)11-2-12-7(4)13/h1-2H,(H,11,12,13). The molecule has 1 N–H and O–H groups in total. The summed E-state index contributed by atoms with van der Waals surface area (Å²) in [6.45, 7) is 0. The number of aromatic nitrogens is 3. The number of halogens is 2. The average Bonchev–Trinajstić information content (AvgIpc) is 2.12. The Kier molecular flexibility index (Phi) is 1.73. The van der Waals surface area contributed by atoms with Crippen LogP contribution in [0.3, 0.4) is 0 Å². The molecule has 2 aromatic heterocycles. The van der Waals surface area contributed by atoms with Crippen LogP contribution in [0.4, 0.5) is 4.39 Å². The van der Waals surface area contributed by atoms with E-state index in [0.717, 1.165) is 6.20 Å². The topological polar surface area (TPSA) is 58.6 Å². The third-order valence-electron chi connectivity index (χ3n) is 1.58. The number of hydrogen-bond acceptors (Lipinski definition) is 3. The average molecular weight is 200 g/mol.